The van der Waals surface area contributed by atoms with Gasteiger partial charge in [-0.15, -0.1) is 4.40 Å². The molecule has 8 nitrogen and oxygen atoms in total. The molecule has 27 heavy (non-hydrogen) atoms. The third kappa shape index (κ3) is 3.83. The lowest BCUT2D eigenvalue weighted by molar-refractivity contribution is -0.142. The topological polar surface area (TPSA) is 116 Å². The quantitative estimate of drug-likeness (QED) is 0.754. The van der Waals surface area contributed by atoms with Gasteiger partial charge in [0, 0.05) is 12.1 Å². The van der Waals surface area contributed by atoms with Crippen LogP contribution in [0.2, 0.25) is 0 Å². The summed E-state index contributed by atoms with van der Waals surface area (Å²) in [5, 5.41) is 11.9. The Kier molecular flexibility index (Phi) is 5.50. The van der Waals surface area contributed by atoms with E-state index in [1.165, 1.54) is 6.07 Å². The fraction of sp³-hybridized carbons (Fsp3) is 0.500. The lowest BCUT2D eigenvalue weighted by atomic mass is 10.1. The molecule has 1 aromatic carbocycles. The molecule has 1 fully saturated rings. The number of hydrogen-bond donors (Lipinski definition) is 2. The van der Waals surface area contributed by atoms with E-state index in [1.807, 2.05) is 6.92 Å². The fourth-order valence-corrected chi connectivity index (χ4v) is 4.74. The minimum atomic E-state index is -3.77. The predicted octanol–water partition coefficient (Wildman–Crippen LogP) is 1.36. The number of unbranched alkanes of at least 4 members (excludes halogenated alkanes) is 1. The molecular formula is C18H23N3O5S. The number of sulfonamides is 1. The Labute approximate surface area is 158 Å². The van der Waals surface area contributed by atoms with Crippen molar-refractivity contribution in [3.8, 4) is 0 Å². The van der Waals surface area contributed by atoms with Crippen LogP contribution >= 0.6 is 0 Å². The number of nitrogens with zero attached hydrogens (tertiary/aromatic N) is 2. The molecule has 2 aliphatic heterocycles. The summed E-state index contributed by atoms with van der Waals surface area (Å²) in [5.74, 6) is -1.20. The summed E-state index contributed by atoms with van der Waals surface area (Å²) in [4.78, 5) is 26.0. The monoisotopic (exact) mass is 393 g/mol. The van der Waals surface area contributed by atoms with E-state index in [-0.39, 0.29) is 10.7 Å². The van der Waals surface area contributed by atoms with Crippen molar-refractivity contribution in [2.45, 2.75) is 56.0 Å². The molecule has 9 heteroatoms. The predicted molar refractivity (Wildman–Crippen MR) is 99.0 cm³/mol. The number of amidine groups is 1. The second-order valence-corrected chi connectivity index (χ2v) is 8.35. The Hall–Kier alpha value is -2.42. The zero-order chi connectivity index (χ0) is 19.6. The van der Waals surface area contributed by atoms with Crippen LogP contribution in [-0.2, 0) is 19.6 Å². The van der Waals surface area contributed by atoms with E-state index in [2.05, 4.69) is 9.71 Å². The SMILES string of the molecule is CCCC[C@H](NC(=O)[C@@H]1CCCN1C1=NS(=O)(=O)c2ccccc21)C(=O)O. The summed E-state index contributed by atoms with van der Waals surface area (Å²) >= 11 is 0. The van der Waals surface area contributed by atoms with Gasteiger partial charge in [0.05, 0.1) is 0 Å². The Morgan fingerprint density at radius 3 is 2.81 bits per heavy atom. The third-order valence-electron chi connectivity index (χ3n) is 4.90. The van der Waals surface area contributed by atoms with Gasteiger partial charge in [-0.2, -0.15) is 8.42 Å². The molecule has 0 aromatic heterocycles. The molecule has 2 atom stereocenters. The molecule has 3 rings (SSSR count). The van der Waals surface area contributed by atoms with Gasteiger partial charge in [0.15, 0.2) is 5.84 Å². The highest BCUT2D eigenvalue weighted by Gasteiger charge is 2.39. The number of fused-ring (bicyclic) bond motifs is 1. The Balaban J connectivity index is 1.82. The van der Waals surface area contributed by atoms with Gasteiger partial charge in [-0.1, -0.05) is 31.9 Å². The van der Waals surface area contributed by atoms with Crippen LogP contribution < -0.4 is 5.32 Å². The third-order valence-corrected chi connectivity index (χ3v) is 6.23. The number of hydrogen-bond acceptors (Lipinski definition) is 5. The zero-order valence-corrected chi connectivity index (χ0v) is 15.9. The maximum Gasteiger partial charge on any atom is 0.326 e. The molecular weight excluding hydrogens is 370 g/mol. The molecule has 2 aliphatic rings. The molecule has 0 unspecified atom stereocenters. The lowest BCUT2D eigenvalue weighted by Crippen LogP contribution is -2.50. The molecule has 146 valence electrons. The minimum absolute atomic E-state index is 0.136. The van der Waals surface area contributed by atoms with Crippen LogP contribution in [0.4, 0.5) is 0 Å². The van der Waals surface area contributed by atoms with Gasteiger partial charge in [0.25, 0.3) is 10.0 Å². The first-order valence-electron chi connectivity index (χ1n) is 9.09. The van der Waals surface area contributed by atoms with Crippen molar-refractivity contribution in [2.24, 2.45) is 4.40 Å². The van der Waals surface area contributed by atoms with E-state index in [0.29, 0.717) is 37.8 Å². The van der Waals surface area contributed by atoms with Crippen molar-refractivity contribution in [3.63, 3.8) is 0 Å². The van der Waals surface area contributed by atoms with Crippen molar-refractivity contribution in [3.05, 3.63) is 29.8 Å². The number of carboxylic acid groups (broad SMARTS) is 1. The van der Waals surface area contributed by atoms with Gasteiger partial charge in [-0.3, -0.25) is 4.79 Å². The number of carbonyl (C=O) groups excluding carboxylic acids is 1. The van der Waals surface area contributed by atoms with E-state index in [1.54, 1.807) is 23.1 Å². The summed E-state index contributed by atoms with van der Waals surface area (Å²) in [5.41, 5.74) is 0.484. The van der Waals surface area contributed by atoms with E-state index in [4.69, 9.17) is 0 Å². The van der Waals surface area contributed by atoms with Crippen LogP contribution in [0.15, 0.2) is 33.6 Å². The van der Waals surface area contributed by atoms with Crippen molar-refractivity contribution < 1.29 is 23.1 Å². The zero-order valence-electron chi connectivity index (χ0n) is 15.1. The van der Waals surface area contributed by atoms with E-state index in [9.17, 15) is 23.1 Å². The molecule has 1 saturated heterocycles. The van der Waals surface area contributed by atoms with Crippen molar-refractivity contribution in [2.75, 3.05) is 6.54 Å². The molecule has 1 amide bonds. The van der Waals surface area contributed by atoms with Gasteiger partial charge in [0.1, 0.15) is 17.0 Å². The van der Waals surface area contributed by atoms with Crippen LogP contribution in [0.25, 0.3) is 0 Å². The molecule has 0 spiro atoms. The molecule has 2 N–H and O–H groups in total. The standard InChI is InChI=1S/C18H23N3O5S/c1-2-3-8-13(18(23)24)19-17(22)14-9-6-11-21(14)16-12-7-4-5-10-15(12)27(25,26)20-16/h4-5,7,10,13-14H,2-3,6,8-9,11H2,1H3,(H,19,22)(H,23,24)/t13-,14-/m0/s1. The summed E-state index contributed by atoms with van der Waals surface area (Å²) in [6.07, 6.45) is 3.12. The van der Waals surface area contributed by atoms with Crippen LogP contribution in [0.3, 0.4) is 0 Å². The number of likely N-dealkylation sites (tertiary alicyclic amines) is 1. The van der Waals surface area contributed by atoms with Gasteiger partial charge >= 0.3 is 5.97 Å². The molecule has 0 radical (unpaired) electrons. The highest BCUT2D eigenvalue weighted by Crippen LogP contribution is 2.31. The Morgan fingerprint density at radius 2 is 2.11 bits per heavy atom. The second-order valence-electron chi connectivity index (χ2n) is 6.78. The van der Waals surface area contributed by atoms with Gasteiger partial charge in [-0.25, -0.2) is 4.79 Å². The molecule has 0 saturated carbocycles. The van der Waals surface area contributed by atoms with Gasteiger partial charge in [0.2, 0.25) is 5.91 Å². The van der Waals surface area contributed by atoms with Crippen molar-refractivity contribution in [1.29, 1.82) is 0 Å². The van der Waals surface area contributed by atoms with Crippen LogP contribution in [0.1, 0.15) is 44.6 Å². The summed E-state index contributed by atoms with van der Waals surface area (Å²) in [6.45, 7) is 2.45. The normalized spacial score (nSPS) is 21.4. The first-order chi connectivity index (χ1) is 12.8. The number of aliphatic carboxylic acids is 1. The van der Waals surface area contributed by atoms with Gasteiger partial charge < -0.3 is 15.3 Å². The average molecular weight is 393 g/mol. The number of amides is 1. The van der Waals surface area contributed by atoms with Crippen molar-refractivity contribution >= 4 is 27.7 Å². The van der Waals surface area contributed by atoms with Crippen LogP contribution in [0.5, 0.6) is 0 Å². The van der Waals surface area contributed by atoms with Crippen LogP contribution in [0, 0.1) is 0 Å². The minimum Gasteiger partial charge on any atom is -0.480 e. The number of benzene rings is 1. The molecule has 0 bridgehead atoms. The highest BCUT2D eigenvalue weighted by molar-refractivity contribution is 7.90. The van der Waals surface area contributed by atoms with E-state index < -0.39 is 34.0 Å². The number of carboxylic acids is 1. The van der Waals surface area contributed by atoms with Crippen LogP contribution in [-0.4, -0.2) is 54.8 Å². The maximum atomic E-state index is 12.7. The number of rotatable bonds is 6. The summed E-state index contributed by atoms with van der Waals surface area (Å²) in [7, 11) is -3.77. The van der Waals surface area contributed by atoms with Gasteiger partial charge in [-0.05, 0) is 31.4 Å². The first-order valence-corrected chi connectivity index (χ1v) is 10.5. The summed E-state index contributed by atoms with van der Waals surface area (Å²) < 4.78 is 28.5. The molecule has 2 heterocycles. The first kappa shape index (κ1) is 19.3. The van der Waals surface area contributed by atoms with E-state index >= 15 is 0 Å². The molecule has 1 aromatic rings. The second kappa shape index (κ2) is 7.67. The maximum absolute atomic E-state index is 12.7. The highest BCUT2D eigenvalue weighted by atomic mass is 32.2. The number of carbonyl (C=O) groups is 2. The lowest BCUT2D eigenvalue weighted by Gasteiger charge is -2.27. The average Bonchev–Trinajstić information content (AvgIpc) is 3.21. The molecule has 0 aliphatic carbocycles. The number of nitrogens with one attached hydrogen (secondary N) is 1. The summed E-state index contributed by atoms with van der Waals surface area (Å²) in [6, 6.07) is 4.96. The Morgan fingerprint density at radius 1 is 1.37 bits per heavy atom. The fourth-order valence-electron chi connectivity index (χ4n) is 3.52. The Bertz CT molecular complexity index is 881. The van der Waals surface area contributed by atoms with E-state index in [0.717, 1.165) is 6.42 Å². The largest absolute Gasteiger partial charge is 0.480 e. The van der Waals surface area contributed by atoms with Crippen molar-refractivity contribution in [1.82, 2.24) is 10.2 Å². The smallest absolute Gasteiger partial charge is 0.326 e.